The molecule has 0 aliphatic rings. The number of amides is 1. The van der Waals surface area contributed by atoms with Gasteiger partial charge in [-0.3, -0.25) is 4.79 Å². The fourth-order valence-corrected chi connectivity index (χ4v) is 1.82. The molecule has 0 aromatic heterocycles. The van der Waals surface area contributed by atoms with Crippen LogP contribution < -0.4 is 10.6 Å². The van der Waals surface area contributed by atoms with Crippen LogP contribution in [0.2, 0.25) is 5.02 Å². The number of halogens is 2. The van der Waals surface area contributed by atoms with Crippen molar-refractivity contribution in [2.75, 3.05) is 20.6 Å². The number of hydrogen-bond acceptors (Lipinski definition) is 2. The molecule has 130 valence electrons. The second-order valence-electron chi connectivity index (χ2n) is 5.39. The molecule has 2 N–H and O–H groups in total. The summed E-state index contributed by atoms with van der Waals surface area (Å²) in [7, 11) is 3.46. The average molecular weight is 453 g/mol. The number of carbonyl (C=O) groups excluding carboxylic acids is 1. The molecule has 0 aliphatic carbocycles. The first-order valence-corrected chi connectivity index (χ1v) is 7.79. The Bertz CT molecular complexity index is 523. The minimum atomic E-state index is 0. The van der Waals surface area contributed by atoms with Crippen LogP contribution in [0.15, 0.2) is 29.3 Å². The van der Waals surface area contributed by atoms with Gasteiger partial charge in [0.2, 0.25) is 5.91 Å². The lowest BCUT2D eigenvalue weighted by molar-refractivity contribution is -0.127. The molecule has 0 bridgehead atoms. The molecular formula is C16H26ClIN4O. The minimum absolute atomic E-state index is 0. The molecule has 0 aliphatic heterocycles. The van der Waals surface area contributed by atoms with Crippen molar-refractivity contribution >= 4 is 47.4 Å². The molecule has 0 heterocycles. The zero-order chi connectivity index (χ0) is 16.5. The summed E-state index contributed by atoms with van der Waals surface area (Å²) in [4.78, 5) is 17.8. The summed E-state index contributed by atoms with van der Waals surface area (Å²) in [6.45, 7) is 4.88. The van der Waals surface area contributed by atoms with Gasteiger partial charge < -0.3 is 15.5 Å². The Labute approximate surface area is 160 Å². The summed E-state index contributed by atoms with van der Waals surface area (Å²) in [5, 5.41) is 7.04. The molecule has 5 nitrogen and oxygen atoms in total. The van der Waals surface area contributed by atoms with Crippen molar-refractivity contribution in [3.63, 3.8) is 0 Å². The van der Waals surface area contributed by atoms with E-state index in [1.165, 1.54) is 0 Å². The maximum atomic E-state index is 11.7. The second-order valence-corrected chi connectivity index (χ2v) is 5.83. The smallest absolute Gasteiger partial charge is 0.241 e. The largest absolute Gasteiger partial charge is 0.354 e. The van der Waals surface area contributed by atoms with Crippen LogP contribution in [0.4, 0.5) is 0 Å². The Morgan fingerprint density at radius 2 is 2.09 bits per heavy atom. The molecule has 1 atom stereocenters. The van der Waals surface area contributed by atoms with E-state index < -0.39 is 0 Å². The lowest BCUT2D eigenvalue weighted by atomic mass is 10.2. The van der Waals surface area contributed by atoms with Gasteiger partial charge in [-0.2, -0.15) is 0 Å². The summed E-state index contributed by atoms with van der Waals surface area (Å²) in [6, 6.07) is 7.87. The first-order valence-electron chi connectivity index (χ1n) is 7.41. The fourth-order valence-electron chi connectivity index (χ4n) is 1.61. The Morgan fingerprint density at radius 1 is 1.39 bits per heavy atom. The predicted octanol–water partition coefficient (Wildman–Crippen LogP) is 2.88. The van der Waals surface area contributed by atoms with Crippen molar-refractivity contribution in [2.45, 2.75) is 32.9 Å². The van der Waals surface area contributed by atoms with E-state index in [4.69, 9.17) is 11.6 Å². The lowest BCUT2D eigenvalue weighted by Crippen LogP contribution is -2.45. The molecule has 23 heavy (non-hydrogen) atoms. The Balaban J connectivity index is 0.00000484. The number of benzene rings is 1. The number of likely N-dealkylation sites (N-methyl/N-ethyl adjacent to an activating group) is 1. The second kappa shape index (κ2) is 11.5. The number of carbonyl (C=O) groups is 1. The molecule has 7 heteroatoms. The highest BCUT2D eigenvalue weighted by Crippen LogP contribution is 2.11. The third-order valence-corrected chi connectivity index (χ3v) is 3.45. The van der Waals surface area contributed by atoms with Crippen molar-refractivity contribution in [1.29, 1.82) is 0 Å². The van der Waals surface area contributed by atoms with Crippen LogP contribution in [0.5, 0.6) is 0 Å². The number of hydrogen-bond donors (Lipinski definition) is 2. The molecule has 1 rings (SSSR count). The quantitative estimate of drug-likeness (QED) is 0.396. The average Bonchev–Trinajstić information content (AvgIpc) is 2.49. The van der Waals surface area contributed by atoms with Gasteiger partial charge in [-0.05, 0) is 31.0 Å². The summed E-state index contributed by atoms with van der Waals surface area (Å²) in [5.74, 6) is 0.630. The van der Waals surface area contributed by atoms with Crippen LogP contribution in [0.25, 0.3) is 0 Å². The first-order chi connectivity index (χ1) is 10.4. The Kier molecular flexibility index (Phi) is 11.0. The van der Waals surface area contributed by atoms with Gasteiger partial charge in [0.15, 0.2) is 5.96 Å². The Hall–Kier alpha value is -1.02. The first kappa shape index (κ1) is 22.0. The predicted molar refractivity (Wildman–Crippen MR) is 108 cm³/mol. The number of nitrogens with one attached hydrogen (secondary N) is 2. The van der Waals surface area contributed by atoms with E-state index in [0.717, 1.165) is 12.0 Å². The number of rotatable bonds is 6. The summed E-state index contributed by atoms with van der Waals surface area (Å²) in [5.41, 5.74) is 1.02. The lowest BCUT2D eigenvalue weighted by Gasteiger charge is -2.18. The van der Waals surface area contributed by atoms with Gasteiger partial charge in [0, 0.05) is 25.2 Å². The summed E-state index contributed by atoms with van der Waals surface area (Å²) >= 11 is 5.97. The standard InChI is InChI=1S/C16H25ClN4O.HI/c1-5-12(2)20-16(19-11-15(22)21(3)4)18-10-13-7-6-8-14(17)9-13;/h6-9,12H,5,10-11H2,1-4H3,(H2,18,19,20);1H. The van der Waals surface area contributed by atoms with Crippen molar-refractivity contribution in [1.82, 2.24) is 15.5 Å². The third kappa shape index (κ3) is 9.00. The van der Waals surface area contributed by atoms with E-state index in [1.807, 2.05) is 24.3 Å². The van der Waals surface area contributed by atoms with Gasteiger partial charge in [0.05, 0.1) is 13.1 Å². The van der Waals surface area contributed by atoms with Crippen molar-refractivity contribution < 1.29 is 4.79 Å². The normalized spacial score (nSPS) is 12.1. The van der Waals surface area contributed by atoms with E-state index in [1.54, 1.807) is 19.0 Å². The highest BCUT2D eigenvalue weighted by atomic mass is 127. The minimum Gasteiger partial charge on any atom is -0.354 e. The van der Waals surface area contributed by atoms with Crippen molar-refractivity contribution in [2.24, 2.45) is 4.99 Å². The van der Waals surface area contributed by atoms with Crippen LogP contribution in [0, 0.1) is 0 Å². The molecule has 0 saturated carbocycles. The number of nitrogens with zero attached hydrogens (tertiary/aromatic N) is 2. The van der Waals surface area contributed by atoms with E-state index >= 15 is 0 Å². The van der Waals surface area contributed by atoms with Crippen molar-refractivity contribution in [3.8, 4) is 0 Å². The van der Waals surface area contributed by atoms with E-state index in [-0.39, 0.29) is 42.5 Å². The van der Waals surface area contributed by atoms with Crippen LogP contribution in [-0.4, -0.2) is 43.4 Å². The monoisotopic (exact) mass is 452 g/mol. The van der Waals surface area contributed by atoms with E-state index in [0.29, 0.717) is 17.5 Å². The maximum absolute atomic E-state index is 11.7. The zero-order valence-corrected chi connectivity index (χ0v) is 17.2. The zero-order valence-electron chi connectivity index (χ0n) is 14.1. The highest BCUT2D eigenvalue weighted by molar-refractivity contribution is 14.0. The number of guanidine groups is 1. The van der Waals surface area contributed by atoms with Crippen molar-refractivity contribution in [3.05, 3.63) is 34.9 Å². The molecule has 0 saturated heterocycles. The van der Waals surface area contributed by atoms with Gasteiger partial charge in [-0.15, -0.1) is 24.0 Å². The van der Waals surface area contributed by atoms with Gasteiger partial charge in [0.1, 0.15) is 0 Å². The molecule has 1 aromatic rings. The third-order valence-electron chi connectivity index (χ3n) is 3.21. The van der Waals surface area contributed by atoms with Gasteiger partial charge >= 0.3 is 0 Å². The maximum Gasteiger partial charge on any atom is 0.241 e. The van der Waals surface area contributed by atoms with E-state index in [2.05, 4.69) is 29.5 Å². The van der Waals surface area contributed by atoms with Gasteiger partial charge in [-0.25, -0.2) is 4.99 Å². The molecule has 0 spiro atoms. The van der Waals surface area contributed by atoms with Crippen LogP contribution in [0.3, 0.4) is 0 Å². The molecular weight excluding hydrogens is 427 g/mol. The molecule has 1 unspecified atom stereocenters. The molecule has 1 aromatic carbocycles. The summed E-state index contributed by atoms with van der Waals surface area (Å²) < 4.78 is 0. The van der Waals surface area contributed by atoms with Crippen LogP contribution in [-0.2, 0) is 11.3 Å². The van der Waals surface area contributed by atoms with Gasteiger partial charge in [-0.1, -0.05) is 30.7 Å². The summed E-state index contributed by atoms with van der Waals surface area (Å²) in [6.07, 6.45) is 0.972. The number of aliphatic imine (C=N–C) groups is 1. The molecule has 0 radical (unpaired) electrons. The van der Waals surface area contributed by atoms with Gasteiger partial charge in [0.25, 0.3) is 0 Å². The topological polar surface area (TPSA) is 56.7 Å². The fraction of sp³-hybridized carbons (Fsp3) is 0.500. The Morgan fingerprint density at radius 3 is 2.65 bits per heavy atom. The van der Waals surface area contributed by atoms with Crippen LogP contribution in [0.1, 0.15) is 25.8 Å². The highest BCUT2D eigenvalue weighted by Gasteiger charge is 2.08. The van der Waals surface area contributed by atoms with Crippen LogP contribution >= 0.6 is 35.6 Å². The van der Waals surface area contributed by atoms with E-state index in [9.17, 15) is 4.79 Å². The molecule has 0 fully saturated rings. The SMILES string of the molecule is CCC(C)NC(=NCc1cccc(Cl)c1)NCC(=O)N(C)C.I. The molecule has 1 amide bonds.